The van der Waals surface area contributed by atoms with Gasteiger partial charge >= 0.3 is 0 Å². The standard InChI is InChI=1S/C18H15ClN2O4/c19-13-3-1-12(2-4-13)16(23)14-15(11-5-7-20-8-6-11)21(9-10-22)18(25)17(14)24/h1-8,15,22-23H,9-10H2/b16-14+/t15-/m0/s1. The molecule has 1 aliphatic heterocycles. The number of aromatic nitrogens is 1. The first-order chi connectivity index (χ1) is 12.0. The van der Waals surface area contributed by atoms with Gasteiger partial charge in [0.1, 0.15) is 5.76 Å². The zero-order valence-electron chi connectivity index (χ0n) is 13.1. The molecule has 0 spiro atoms. The highest BCUT2D eigenvalue weighted by molar-refractivity contribution is 6.46. The summed E-state index contributed by atoms with van der Waals surface area (Å²) >= 11 is 5.86. The van der Waals surface area contributed by atoms with Crippen molar-refractivity contribution in [3.8, 4) is 0 Å². The van der Waals surface area contributed by atoms with Gasteiger partial charge in [-0.05, 0) is 42.0 Å². The first-order valence-electron chi connectivity index (χ1n) is 7.59. The maximum atomic E-state index is 12.5. The maximum absolute atomic E-state index is 12.5. The third kappa shape index (κ3) is 3.14. The summed E-state index contributed by atoms with van der Waals surface area (Å²) in [7, 11) is 0. The molecule has 1 atom stereocenters. The predicted molar refractivity (Wildman–Crippen MR) is 91.8 cm³/mol. The van der Waals surface area contributed by atoms with Gasteiger partial charge in [0.05, 0.1) is 18.2 Å². The molecule has 1 aromatic carbocycles. The van der Waals surface area contributed by atoms with Crippen LogP contribution in [0.1, 0.15) is 17.2 Å². The monoisotopic (exact) mass is 358 g/mol. The van der Waals surface area contributed by atoms with Gasteiger partial charge in [0.25, 0.3) is 11.7 Å². The molecule has 1 fully saturated rings. The molecule has 2 aromatic rings. The fourth-order valence-corrected chi connectivity index (χ4v) is 3.00. The highest BCUT2D eigenvalue weighted by Gasteiger charge is 2.45. The zero-order chi connectivity index (χ0) is 18.0. The van der Waals surface area contributed by atoms with E-state index >= 15 is 0 Å². The largest absolute Gasteiger partial charge is 0.507 e. The minimum atomic E-state index is -0.789. The molecule has 0 aliphatic carbocycles. The third-order valence-electron chi connectivity index (χ3n) is 4.02. The van der Waals surface area contributed by atoms with Crippen LogP contribution in [0.15, 0.2) is 54.4 Å². The van der Waals surface area contributed by atoms with Gasteiger partial charge < -0.3 is 15.1 Å². The lowest BCUT2D eigenvalue weighted by atomic mass is 9.96. The van der Waals surface area contributed by atoms with Gasteiger partial charge in [-0.2, -0.15) is 0 Å². The molecule has 128 valence electrons. The molecule has 1 aromatic heterocycles. The van der Waals surface area contributed by atoms with E-state index < -0.39 is 17.7 Å². The Labute approximate surface area is 149 Å². The Balaban J connectivity index is 2.17. The van der Waals surface area contributed by atoms with E-state index in [2.05, 4.69) is 4.98 Å². The van der Waals surface area contributed by atoms with E-state index in [9.17, 15) is 19.8 Å². The number of hydrogen-bond acceptors (Lipinski definition) is 5. The normalized spacial score (nSPS) is 19.4. The van der Waals surface area contributed by atoms with E-state index in [4.69, 9.17) is 11.6 Å². The van der Waals surface area contributed by atoms with Gasteiger partial charge in [-0.1, -0.05) is 11.6 Å². The van der Waals surface area contributed by atoms with Crippen LogP contribution in [-0.4, -0.2) is 44.9 Å². The van der Waals surface area contributed by atoms with Crippen molar-refractivity contribution >= 4 is 29.1 Å². The number of nitrogens with zero attached hydrogens (tertiary/aromatic N) is 2. The number of amides is 1. The number of carbonyl (C=O) groups excluding carboxylic acids is 2. The topological polar surface area (TPSA) is 90.7 Å². The number of rotatable bonds is 4. The molecule has 6 nitrogen and oxygen atoms in total. The van der Waals surface area contributed by atoms with Crippen LogP contribution < -0.4 is 0 Å². The second kappa shape index (κ2) is 7.04. The summed E-state index contributed by atoms with van der Waals surface area (Å²) in [4.78, 5) is 30.1. The Bertz CT molecular complexity index is 834. The molecule has 0 bridgehead atoms. The Morgan fingerprint density at radius 2 is 1.76 bits per heavy atom. The van der Waals surface area contributed by atoms with E-state index in [0.717, 1.165) is 0 Å². The Hall–Kier alpha value is -2.70. The number of ketones is 1. The summed E-state index contributed by atoms with van der Waals surface area (Å²) in [6, 6.07) is 8.85. The van der Waals surface area contributed by atoms with Gasteiger partial charge in [-0.3, -0.25) is 14.6 Å². The molecule has 1 aliphatic rings. The number of hydrogen-bond donors (Lipinski definition) is 2. The number of pyridine rings is 1. The Kier molecular flexibility index (Phi) is 4.83. The number of benzene rings is 1. The van der Waals surface area contributed by atoms with Gasteiger partial charge in [0.2, 0.25) is 0 Å². The third-order valence-corrected chi connectivity index (χ3v) is 4.27. The van der Waals surface area contributed by atoms with Crippen molar-refractivity contribution in [3.05, 3.63) is 70.5 Å². The molecule has 0 unspecified atom stereocenters. The van der Waals surface area contributed by atoms with Gasteiger partial charge in [0.15, 0.2) is 0 Å². The fraction of sp³-hybridized carbons (Fsp3) is 0.167. The van der Waals surface area contributed by atoms with E-state index in [-0.39, 0.29) is 24.5 Å². The molecule has 0 radical (unpaired) electrons. The van der Waals surface area contributed by atoms with Crippen LogP contribution in [0.4, 0.5) is 0 Å². The highest BCUT2D eigenvalue weighted by atomic mass is 35.5. The maximum Gasteiger partial charge on any atom is 0.295 e. The molecule has 2 heterocycles. The van der Waals surface area contributed by atoms with Crippen molar-refractivity contribution in [2.45, 2.75) is 6.04 Å². The summed E-state index contributed by atoms with van der Waals surface area (Å²) in [5.41, 5.74) is 0.982. The van der Waals surface area contributed by atoms with Crippen molar-refractivity contribution in [2.75, 3.05) is 13.2 Å². The summed E-state index contributed by atoms with van der Waals surface area (Å²) in [6.45, 7) is -0.315. The van der Waals surface area contributed by atoms with Crippen molar-refractivity contribution in [1.82, 2.24) is 9.88 Å². The summed E-state index contributed by atoms with van der Waals surface area (Å²) in [5.74, 6) is -1.83. The highest BCUT2D eigenvalue weighted by Crippen LogP contribution is 2.38. The molecular weight excluding hydrogens is 344 g/mol. The molecule has 1 saturated heterocycles. The Morgan fingerprint density at radius 1 is 1.12 bits per heavy atom. The van der Waals surface area contributed by atoms with Crippen LogP contribution in [0.25, 0.3) is 5.76 Å². The van der Waals surface area contributed by atoms with Crippen LogP contribution in [0.2, 0.25) is 5.02 Å². The minimum Gasteiger partial charge on any atom is -0.507 e. The second-order valence-electron chi connectivity index (χ2n) is 5.50. The SMILES string of the molecule is O=C1C(=O)N(CCO)[C@@H](c2ccncc2)/C1=C(\O)c1ccc(Cl)cc1. The van der Waals surface area contributed by atoms with Crippen molar-refractivity contribution in [1.29, 1.82) is 0 Å². The van der Waals surface area contributed by atoms with Crippen LogP contribution in [-0.2, 0) is 9.59 Å². The van der Waals surface area contributed by atoms with E-state index in [0.29, 0.717) is 16.1 Å². The first-order valence-corrected chi connectivity index (χ1v) is 7.97. The average Bonchev–Trinajstić information content (AvgIpc) is 2.88. The number of β-amino-alcohol motifs (C(OH)–C–C–N with tert-alkyl or cyclic N) is 1. The lowest BCUT2D eigenvalue weighted by Gasteiger charge is -2.24. The van der Waals surface area contributed by atoms with Gasteiger partial charge in [-0.25, -0.2) is 0 Å². The summed E-state index contributed by atoms with van der Waals surface area (Å²) in [5, 5.41) is 20.4. The number of aliphatic hydroxyl groups is 2. The molecular formula is C18H15ClN2O4. The zero-order valence-corrected chi connectivity index (χ0v) is 13.8. The van der Waals surface area contributed by atoms with E-state index in [1.165, 1.54) is 17.3 Å². The van der Waals surface area contributed by atoms with Crippen molar-refractivity contribution in [2.24, 2.45) is 0 Å². The van der Waals surface area contributed by atoms with Crippen molar-refractivity contribution in [3.63, 3.8) is 0 Å². The van der Waals surface area contributed by atoms with E-state index in [1.54, 1.807) is 36.4 Å². The molecule has 0 saturated carbocycles. The predicted octanol–water partition coefficient (Wildman–Crippen LogP) is 2.15. The van der Waals surface area contributed by atoms with Crippen LogP contribution in [0, 0.1) is 0 Å². The van der Waals surface area contributed by atoms with Crippen molar-refractivity contribution < 1.29 is 19.8 Å². The van der Waals surface area contributed by atoms with E-state index in [1.807, 2.05) is 0 Å². The fourth-order valence-electron chi connectivity index (χ4n) is 2.87. The molecule has 3 rings (SSSR count). The second-order valence-corrected chi connectivity index (χ2v) is 5.94. The Morgan fingerprint density at radius 3 is 2.36 bits per heavy atom. The number of aliphatic hydroxyl groups excluding tert-OH is 2. The quantitative estimate of drug-likeness (QED) is 0.496. The molecule has 7 heteroatoms. The van der Waals surface area contributed by atoms with Gasteiger partial charge in [-0.15, -0.1) is 0 Å². The molecule has 1 amide bonds. The number of carbonyl (C=O) groups is 2. The van der Waals surface area contributed by atoms with Crippen LogP contribution in [0.3, 0.4) is 0 Å². The summed E-state index contributed by atoms with van der Waals surface area (Å²) < 4.78 is 0. The summed E-state index contributed by atoms with van der Waals surface area (Å²) in [6.07, 6.45) is 3.08. The average molecular weight is 359 g/mol. The number of halogens is 1. The minimum absolute atomic E-state index is 0.0189. The van der Waals surface area contributed by atoms with Crippen LogP contribution in [0.5, 0.6) is 0 Å². The smallest absolute Gasteiger partial charge is 0.295 e. The first kappa shape index (κ1) is 17.1. The van der Waals surface area contributed by atoms with Crippen LogP contribution >= 0.6 is 11.6 Å². The number of likely N-dealkylation sites (tertiary alicyclic amines) is 1. The molecule has 25 heavy (non-hydrogen) atoms. The lowest BCUT2D eigenvalue weighted by molar-refractivity contribution is -0.140. The number of Topliss-reactive ketones (excluding diaryl/α,β-unsaturated/α-hetero) is 1. The lowest BCUT2D eigenvalue weighted by Crippen LogP contribution is -2.32. The molecule has 2 N–H and O–H groups in total. The van der Waals surface area contributed by atoms with Gasteiger partial charge in [0, 0.05) is 29.5 Å².